The van der Waals surface area contributed by atoms with E-state index < -0.39 is 0 Å². The normalized spacial score (nSPS) is 16.1. The fraction of sp³-hybridized carbons (Fsp3) is 0.188. The monoisotopic (exact) mass is 331 g/mol. The molecule has 0 saturated heterocycles. The molecule has 0 amide bonds. The van der Waals surface area contributed by atoms with Gasteiger partial charge in [0.15, 0.2) is 0 Å². The van der Waals surface area contributed by atoms with Crippen LogP contribution in [0, 0.1) is 10.2 Å². The van der Waals surface area contributed by atoms with E-state index >= 15 is 0 Å². The van der Waals surface area contributed by atoms with Gasteiger partial charge in [-0.2, -0.15) is 0 Å². The molecule has 0 aromatic heterocycles. The molecule has 1 atom stereocenters. The van der Waals surface area contributed by atoms with Gasteiger partial charge in [0.25, 0.3) is 0 Å². The fourth-order valence-corrected chi connectivity index (χ4v) is 3.13. The molecule has 0 saturated carbocycles. The van der Waals surface area contributed by atoms with Crippen molar-refractivity contribution in [1.82, 2.24) is 0 Å². The molecular weight excluding hydrogens is 317 g/mol. The van der Waals surface area contributed by atoms with Crippen LogP contribution in [0.4, 0.5) is 0 Å². The van der Waals surface area contributed by atoms with Crippen molar-refractivity contribution in [3.8, 4) is 22.2 Å². The number of fused-ring (bicyclic) bond motifs is 1. The van der Waals surface area contributed by atoms with E-state index in [4.69, 9.17) is 14.7 Å². The summed E-state index contributed by atoms with van der Waals surface area (Å²) in [7, 11) is 0. The Morgan fingerprint density at radius 3 is 2.85 bits per heavy atom. The Bertz CT molecular complexity index is 637. The van der Waals surface area contributed by atoms with Crippen LogP contribution in [0.2, 0.25) is 5.32 Å². The predicted molar refractivity (Wildman–Crippen MR) is 77.3 cm³/mol. The van der Waals surface area contributed by atoms with Gasteiger partial charge in [-0.05, 0) is 0 Å². The topological polar surface area (TPSA) is 42.2 Å². The van der Waals surface area contributed by atoms with E-state index in [2.05, 4.69) is 4.97 Å². The summed E-state index contributed by atoms with van der Waals surface area (Å²) in [6, 6.07) is 15.6. The van der Waals surface area contributed by atoms with Crippen LogP contribution in [0.15, 0.2) is 48.5 Å². The minimum absolute atomic E-state index is 0.01000. The summed E-state index contributed by atoms with van der Waals surface area (Å²) in [6.07, 6.45) is 1.04. The van der Waals surface area contributed by atoms with Gasteiger partial charge in [-0.25, -0.2) is 0 Å². The molecular formula is C16H13NO2Se. The standard InChI is InChI=1S/C16H13NO2Se/c17-11-20-10-15-8-12-6-7-14(9-16(12)19-15)18-13-4-2-1-3-5-13/h1-7,9,15H,8,10H2. The van der Waals surface area contributed by atoms with Gasteiger partial charge in [-0.15, -0.1) is 0 Å². The van der Waals surface area contributed by atoms with Crippen molar-refractivity contribution in [2.75, 3.05) is 0 Å². The summed E-state index contributed by atoms with van der Waals surface area (Å²) < 4.78 is 11.7. The molecule has 2 aromatic carbocycles. The molecule has 0 spiro atoms. The van der Waals surface area contributed by atoms with Crippen molar-refractivity contribution in [1.29, 1.82) is 5.26 Å². The number of nitrogens with zero attached hydrogens (tertiary/aromatic N) is 1. The second-order valence-corrected chi connectivity index (χ2v) is 6.22. The number of para-hydroxylation sites is 1. The molecule has 1 unspecified atom stereocenters. The first-order chi connectivity index (χ1) is 9.85. The molecule has 20 heavy (non-hydrogen) atoms. The summed E-state index contributed by atoms with van der Waals surface area (Å²) in [5.41, 5.74) is 1.20. The first-order valence-corrected chi connectivity index (χ1v) is 8.45. The third-order valence-corrected chi connectivity index (χ3v) is 4.49. The maximum atomic E-state index is 8.65. The second-order valence-electron chi connectivity index (χ2n) is 4.53. The Morgan fingerprint density at radius 1 is 1.20 bits per heavy atom. The summed E-state index contributed by atoms with van der Waals surface area (Å²) in [5.74, 6) is 2.48. The quantitative estimate of drug-likeness (QED) is 0.807. The Morgan fingerprint density at radius 2 is 2.05 bits per heavy atom. The molecule has 3 rings (SSSR count). The van der Waals surface area contributed by atoms with E-state index in [-0.39, 0.29) is 21.1 Å². The zero-order chi connectivity index (χ0) is 13.8. The fourth-order valence-electron chi connectivity index (χ4n) is 2.19. The van der Waals surface area contributed by atoms with Crippen molar-refractivity contribution in [3.05, 3.63) is 54.1 Å². The van der Waals surface area contributed by atoms with Crippen LogP contribution in [-0.4, -0.2) is 21.1 Å². The summed E-state index contributed by atoms with van der Waals surface area (Å²) in [6.45, 7) is 0. The van der Waals surface area contributed by atoms with Crippen molar-refractivity contribution in [2.24, 2.45) is 0 Å². The van der Waals surface area contributed by atoms with E-state index in [1.807, 2.05) is 48.5 Å². The number of rotatable bonds is 4. The number of hydrogen-bond acceptors (Lipinski definition) is 3. The van der Waals surface area contributed by atoms with Crippen LogP contribution in [0.3, 0.4) is 0 Å². The number of ether oxygens (including phenoxy) is 2. The van der Waals surface area contributed by atoms with Crippen LogP contribution in [0.5, 0.6) is 17.2 Å². The molecule has 1 aliphatic heterocycles. The van der Waals surface area contributed by atoms with Crippen LogP contribution in [0.1, 0.15) is 5.56 Å². The molecule has 1 heterocycles. The van der Waals surface area contributed by atoms with Crippen LogP contribution in [0.25, 0.3) is 0 Å². The average molecular weight is 330 g/mol. The summed E-state index contributed by atoms with van der Waals surface area (Å²) >= 11 is 0.01000. The zero-order valence-corrected chi connectivity index (χ0v) is 12.5. The Kier molecular flexibility index (Phi) is 3.92. The van der Waals surface area contributed by atoms with Gasteiger partial charge in [0.2, 0.25) is 0 Å². The Hall–Kier alpha value is -1.95. The van der Waals surface area contributed by atoms with Crippen molar-refractivity contribution >= 4 is 15.0 Å². The molecule has 0 aliphatic carbocycles. The molecule has 0 bridgehead atoms. The number of benzene rings is 2. The van der Waals surface area contributed by atoms with Crippen molar-refractivity contribution in [2.45, 2.75) is 17.8 Å². The van der Waals surface area contributed by atoms with E-state index in [1.165, 1.54) is 5.56 Å². The van der Waals surface area contributed by atoms with Gasteiger partial charge >= 0.3 is 124 Å². The van der Waals surface area contributed by atoms with Gasteiger partial charge in [0.05, 0.1) is 0 Å². The van der Waals surface area contributed by atoms with Crippen LogP contribution < -0.4 is 9.47 Å². The van der Waals surface area contributed by atoms with Crippen LogP contribution >= 0.6 is 0 Å². The van der Waals surface area contributed by atoms with Gasteiger partial charge < -0.3 is 0 Å². The summed E-state index contributed by atoms with van der Waals surface area (Å²) in [5, 5.41) is 9.49. The Labute approximate surface area is 124 Å². The third-order valence-electron chi connectivity index (χ3n) is 3.09. The molecule has 0 radical (unpaired) electrons. The SMILES string of the molecule is N#C[Se]CC1Cc2ccc(Oc3ccccc3)cc2O1. The van der Waals surface area contributed by atoms with Gasteiger partial charge in [-0.1, -0.05) is 0 Å². The second kappa shape index (κ2) is 6.00. The zero-order valence-electron chi connectivity index (χ0n) is 10.8. The van der Waals surface area contributed by atoms with Gasteiger partial charge in [-0.3, -0.25) is 0 Å². The predicted octanol–water partition coefficient (Wildman–Crippen LogP) is 3.39. The molecule has 4 heteroatoms. The summed E-state index contributed by atoms with van der Waals surface area (Å²) in [4.78, 5) is 2.22. The van der Waals surface area contributed by atoms with Crippen molar-refractivity contribution < 1.29 is 9.47 Å². The van der Waals surface area contributed by atoms with Gasteiger partial charge in [0, 0.05) is 0 Å². The average Bonchev–Trinajstić information content (AvgIpc) is 2.88. The first kappa shape index (κ1) is 13.1. The number of hydrogen-bond donors (Lipinski definition) is 0. The van der Waals surface area contributed by atoms with E-state index in [1.54, 1.807) is 0 Å². The molecule has 3 nitrogen and oxygen atoms in total. The minimum atomic E-state index is 0.01000. The third kappa shape index (κ3) is 2.96. The molecule has 1 aliphatic rings. The molecule has 2 aromatic rings. The van der Waals surface area contributed by atoms with Gasteiger partial charge in [0.1, 0.15) is 0 Å². The molecule has 100 valence electrons. The van der Waals surface area contributed by atoms with E-state index in [0.29, 0.717) is 0 Å². The molecule has 0 fully saturated rings. The van der Waals surface area contributed by atoms with E-state index in [9.17, 15) is 0 Å². The maximum absolute atomic E-state index is 8.65. The van der Waals surface area contributed by atoms with E-state index in [0.717, 1.165) is 29.0 Å². The molecule has 0 N–H and O–H groups in total. The number of nitriles is 1. The van der Waals surface area contributed by atoms with Crippen molar-refractivity contribution in [3.63, 3.8) is 0 Å². The first-order valence-electron chi connectivity index (χ1n) is 6.38. The van der Waals surface area contributed by atoms with Crippen LogP contribution in [-0.2, 0) is 6.42 Å². The Balaban J connectivity index is 1.71.